The lowest BCUT2D eigenvalue weighted by atomic mass is 10.0. The zero-order valence-electron chi connectivity index (χ0n) is 14.6. The van der Waals surface area contributed by atoms with Gasteiger partial charge in [-0.25, -0.2) is 0 Å². The first-order valence-electron chi connectivity index (χ1n) is 9.08. The largest absolute Gasteiger partial charge is 0.312 e. The number of rotatable bonds is 5. The molecule has 1 aromatic rings. The zero-order valence-corrected chi connectivity index (χ0v) is 14.6. The Balaban J connectivity index is 1.68. The van der Waals surface area contributed by atoms with Crippen molar-refractivity contribution >= 4 is 0 Å². The maximum atomic E-state index is 4.20. The Morgan fingerprint density at radius 2 is 1.83 bits per heavy atom. The van der Waals surface area contributed by atoms with E-state index in [2.05, 4.69) is 51.0 Å². The van der Waals surface area contributed by atoms with Crippen molar-refractivity contribution in [2.45, 2.75) is 25.9 Å². The minimum atomic E-state index is 0.482. The quantitative estimate of drug-likeness (QED) is 0.878. The molecule has 3 rings (SSSR count). The van der Waals surface area contributed by atoms with Crippen LogP contribution in [0.5, 0.6) is 0 Å². The van der Waals surface area contributed by atoms with E-state index in [1.807, 2.05) is 12.4 Å². The fourth-order valence-corrected chi connectivity index (χ4v) is 3.80. The van der Waals surface area contributed by atoms with Crippen molar-refractivity contribution in [2.75, 3.05) is 58.9 Å². The number of pyridine rings is 1. The molecule has 1 N–H and O–H groups in total. The van der Waals surface area contributed by atoms with Crippen LogP contribution >= 0.6 is 0 Å². The molecule has 0 aromatic carbocycles. The van der Waals surface area contributed by atoms with Gasteiger partial charge in [0.05, 0.1) is 0 Å². The van der Waals surface area contributed by atoms with Gasteiger partial charge >= 0.3 is 0 Å². The molecule has 0 radical (unpaired) electrons. The van der Waals surface area contributed by atoms with Crippen molar-refractivity contribution < 1.29 is 0 Å². The Morgan fingerprint density at radius 1 is 1.13 bits per heavy atom. The van der Waals surface area contributed by atoms with E-state index >= 15 is 0 Å². The molecule has 2 atom stereocenters. The normalized spacial score (nSPS) is 26.3. The number of hydrogen-bond acceptors (Lipinski definition) is 5. The average Bonchev–Trinajstić information content (AvgIpc) is 2.61. The predicted octanol–water partition coefficient (Wildman–Crippen LogP) is 1.05. The number of nitrogens with zero attached hydrogens (tertiary/aromatic N) is 4. The molecule has 2 aliphatic rings. The highest BCUT2D eigenvalue weighted by Crippen LogP contribution is 2.23. The lowest BCUT2D eigenvalue weighted by Crippen LogP contribution is -2.54. The van der Waals surface area contributed by atoms with Gasteiger partial charge in [0.1, 0.15) is 0 Å². The molecule has 128 valence electrons. The third-order valence-corrected chi connectivity index (χ3v) is 5.28. The molecule has 2 fully saturated rings. The SMILES string of the molecule is CCN1CCN(CC(c2ccncc2)N2CCNC(C)C2)CC1. The molecule has 0 spiro atoms. The van der Waals surface area contributed by atoms with Gasteiger partial charge in [-0.1, -0.05) is 6.92 Å². The van der Waals surface area contributed by atoms with Crippen molar-refractivity contribution in [1.82, 2.24) is 25.0 Å². The summed E-state index contributed by atoms with van der Waals surface area (Å²) in [4.78, 5) is 12.0. The maximum absolute atomic E-state index is 4.20. The fraction of sp³-hybridized carbons (Fsp3) is 0.722. The number of hydrogen-bond donors (Lipinski definition) is 1. The lowest BCUT2D eigenvalue weighted by molar-refractivity contribution is 0.0780. The van der Waals surface area contributed by atoms with Crippen LogP contribution in [0.3, 0.4) is 0 Å². The number of aromatic nitrogens is 1. The summed E-state index contributed by atoms with van der Waals surface area (Å²) in [5.74, 6) is 0. The molecule has 0 saturated carbocycles. The fourth-order valence-electron chi connectivity index (χ4n) is 3.80. The van der Waals surface area contributed by atoms with E-state index in [4.69, 9.17) is 0 Å². The first-order valence-corrected chi connectivity index (χ1v) is 9.08. The standard InChI is InChI=1S/C18H31N5/c1-3-21-10-12-22(13-11-21)15-18(17-4-6-19-7-5-17)23-9-8-20-16(2)14-23/h4-7,16,18,20H,3,8-15H2,1-2H3. The molecule has 1 aromatic heterocycles. The van der Waals surface area contributed by atoms with Gasteiger partial charge in [0.15, 0.2) is 0 Å². The molecule has 2 aliphatic heterocycles. The van der Waals surface area contributed by atoms with Crippen molar-refractivity contribution in [2.24, 2.45) is 0 Å². The Labute approximate surface area is 140 Å². The van der Waals surface area contributed by atoms with Gasteiger partial charge in [0.25, 0.3) is 0 Å². The van der Waals surface area contributed by atoms with Gasteiger partial charge in [-0.2, -0.15) is 0 Å². The van der Waals surface area contributed by atoms with Gasteiger partial charge < -0.3 is 10.2 Å². The third-order valence-electron chi connectivity index (χ3n) is 5.28. The van der Waals surface area contributed by atoms with E-state index in [0.29, 0.717) is 12.1 Å². The first kappa shape index (κ1) is 16.8. The molecule has 3 heterocycles. The average molecular weight is 317 g/mol. The van der Waals surface area contributed by atoms with Crippen LogP contribution in [0.15, 0.2) is 24.5 Å². The van der Waals surface area contributed by atoms with Crippen LogP contribution in [-0.4, -0.2) is 84.6 Å². The lowest BCUT2D eigenvalue weighted by Gasteiger charge is -2.42. The first-order chi connectivity index (χ1) is 11.3. The summed E-state index contributed by atoms with van der Waals surface area (Å²) >= 11 is 0. The Kier molecular flexibility index (Phi) is 6.00. The van der Waals surface area contributed by atoms with Crippen LogP contribution in [0.2, 0.25) is 0 Å². The van der Waals surface area contributed by atoms with Gasteiger partial charge in [0.2, 0.25) is 0 Å². The Morgan fingerprint density at radius 3 is 2.48 bits per heavy atom. The molecule has 23 heavy (non-hydrogen) atoms. The zero-order chi connectivity index (χ0) is 16.1. The highest BCUT2D eigenvalue weighted by Gasteiger charge is 2.27. The molecule has 2 unspecified atom stereocenters. The number of likely N-dealkylation sites (N-methyl/N-ethyl adjacent to an activating group) is 1. The molecular weight excluding hydrogens is 286 g/mol. The Hall–Kier alpha value is -1.01. The molecular formula is C18H31N5. The summed E-state index contributed by atoms with van der Waals surface area (Å²) in [6.45, 7) is 15.0. The van der Waals surface area contributed by atoms with Crippen molar-refractivity contribution in [3.63, 3.8) is 0 Å². The molecule has 5 heteroatoms. The van der Waals surface area contributed by atoms with Crippen LogP contribution in [0.1, 0.15) is 25.5 Å². The molecule has 5 nitrogen and oxygen atoms in total. The number of nitrogens with one attached hydrogen (secondary N) is 1. The minimum Gasteiger partial charge on any atom is -0.312 e. The highest BCUT2D eigenvalue weighted by atomic mass is 15.3. The van der Waals surface area contributed by atoms with Crippen molar-refractivity contribution in [1.29, 1.82) is 0 Å². The summed E-state index contributed by atoms with van der Waals surface area (Å²) < 4.78 is 0. The van der Waals surface area contributed by atoms with Gasteiger partial charge in [-0.15, -0.1) is 0 Å². The van der Waals surface area contributed by atoms with Gasteiger partial charge in [0, 0.05) is 76.8 Å². The Bertz CT molecular complexity index is 458. The highest BCUT2D eigenvalue weighted by molar-refractivity contribution is 5.16. The van der Waals surface area contributed by atoms with Crippen LogP contribution in [-0.2, 0) is 0 Å². The summed E-state index contributed by atoms with van der Waals surface area (Å²) in [5.41, 5.74) is 1.41. The third kappa shape index (κ3) is 4.51. The number of piperazine rings is 2. The molecule has 0 amide bonds. The van der Waals surface area contributed by atoms with Crippen LogP contribution in [0.25, 0.3) is 0 Å². The van der Waals surface area contributed by atoms with Gasteiger partial charge in [-0.3, -0.25) is 14.8 Å². The molecule has 0 bridgehead atoms. The summed E-state index contributed by atoms with van der Waals surface area (Å²) in [6.07, 6.45) is 3.87. The smallest absolute Gasteiger partial charge is 0.0477 e. The monoisotopic (exact) mass is 317 g/mol. The van der Waals surface area contributed by atoms with E-state index in [1.165, 1.54) is 38.3 Å². The topological polar surface area (TPSA) is 34.6 Å². The van der Waals surface area contributed by atoms with Crippen LogP contribution in [0.4, 0.5) is 0 Å². The maximum Gasteiger partial charge on any atom is 0.0477 e. The summed E-state index contributed by atoms with van der Waals surface area (Å²) in [7, 11) is 0. The molecule has 2 saturated heterocycles. The second kappa shape index (κ2) is 8.20. The van der Waals surface area contributed by atoms with E-state index in [1.54, 1.807) is 0 Å². The summed E-state index contributed by atoms with van der Waals surface area (Å²) in [6, 6.07) is 5.44. The van der Waals surface area contributed by atoms with E-state index in [9.17, 15) is 0 Å². The minimum absolute atomic E-state index is 0.482. The van der Waals surface area contributed by atoms with Crippen LogP contribution < -0.4 is 5.32 Å². The van der Waals surface area contributed by atoms with Crippen molar-refractivity contribution in [3.8, 4) is 0 Å². The summed E-state index contributed by atoms with van der Waals surface area (Å²) in [5, 5.41) is 3.56. The van der Waals surface area contributed by atoms with Crippen molar-refractivity contribution in [3.05, 3.63) is 30.1 Å². The second-order valence-electron chi connectivity index (χ2n) is 6.88. The second-order valence-corrected chi connectivity index (χ2v) is 6.88. The van der Waals surface area contributed by atoms with Gasteiger partial charge in [-0.05, 0) is 31.2 Å². The van der Waals surface area contributed by atoms with E-state index in [-0.39, 0.29) is 0 Å². The van der Waals surface area contributed by atoms with Crippen LogP contribution in [0, 0.1) is 0 Å². The van der Waals surface area contributed by atoms with E-state index in [0.717, 1.165) is 26.2 Å². The molecule has 0 aliphatic carbocycles. The predicted molar refractivity (Wildman–Crippen MR) is 94.6 cm³/mol. The van der Waals surface area contributed by atoms with E-state index < -0.39 is 0 Å².